The Balaban J connectivity index is 1.54. The van der Waals surface area contributed by atoms with Crippen molar-refractivity contribution < 1.29 is 9.47 Å². The van der Waals surface area contributed by atoms with E-state index >= 15 is 0 Å². The van der Waals surface area contributed by atoms with Crippen LogP contribution in [0.3, 0.4) is 0 Å². The molecule has 1 saturated heterocycles. The third kappa shape index (κ3) is 4.12. The van der Waals surface area contributed by atoms with Crippen LogP contribution in [0.4, 0.5) is 0 Å². The van der Waals surface area contributed by atoms with Gasteiger partial charge in [-0.05, 0) is 47.0 Å². The summed E-state index contributed by atoms with van der Waals surface area (Å²) in [5.41, 5.74) is 1.11. The molecule has 4 rings (SSSR count). The van der Waals surface area contributed by atoms with Crippen LogP contribution in [-0.2, 0) is 6.54 Å². The van der Waals surface area contributed by atoms with Gasteiger partial charge in [0.15, 0.2) is 17.3 Å². The number of aromatic nitrogens is 4. The molecule has 0 spiro atoms. The maximum absolute atomic E-state index is 5.51. The Morgan fingerprint density at radius 3 is 2.61 bits per heavy atom. The molecule has 0 bridgehead atoms. The van der Waals surface area contributed by atoms with Crippen LogP contribution in [0.2, 0.25) is 0 Å². The molecule has 152 valence electrons. The van der Waals surface area contributed by atoms with Crippen molar-refractivity contribution in [3.05, 3.63) is 29.6 Å². The Kier molecular flexibility index (Phi) is 5.77. The van der Waals surface area contributed by atoms with Gasteiger partial charge in [0.25, 0.3) is 0 Å². The Bertz CT molecular complexity index is 785. The molecule has 2 aromatic rings. The van der Waals surface area contributed by atoms with E-state index in [2.05, 4.69) is 52.2 Å². The summed E-state index contributed by atoms with van der Waals surface area (Å²) in [6.45, 7) is 13.1. The van der Waals surface area contributed by atoms with Crippen LogP contribution in [0, 0.1) is 5.92 Å². The number of fused-ring (bicyclic) bond motifs is 1. The van der Waals surface area contributed by atoms with Crippen molar-refractivity contribution in [3.63, 3.8) is 0 Å². The van der Waals surface area contributed by atoms with E-state index < -0.39 is 0 Å². The highest BCUT2D eigenvalue weighted by Crippen LogP contribution is 2.33. The number of hydrogen-bond donors (Lipinski definition) is 0. The van der Waals surface area contributed by atoms with E-state index in [-0.39, 0.29) is 12.8 Å². The van der Waals surface area contributed by atoms with E-state index in [1.54, 1.807) is 0 Å². The summed E-state index contributed by atoms with van der Waals surface area (Å²) in [4.78, 5) is 5.05. The standard InChI is InChI=1S/C20H30N6O2/c1-4-24-7-9-25(10-8-24)17(11-15(2)3)20-21-22-23-26(20)13-16-5-6-18-19(12-16)28-14-27-18/h5-6,12,15,17H,4,7-11,13-14H2,1-3H3/t17-/m1/s1. The average molecular weight is 387 g/mol. The summed E-state index contributed by atoms with van der Waals surface area (Å²) in [6.07, 6.45) is 1.05. The van der Waals surface area contributed by atoms with E-state index in [0.717, 1.165) is 62.0 Å². The summed E-state index contributed by atoms with van der Waals surface area (Å²) in [7, 11) is 0. The fourth-order valence-electron chi connectivity index (χ4n) is 4.03. The molecule has 3 heterocycles. The average Bonchev–Trinajstić information content (AvgIpc) is 3.35. The quantitative estimate of drug-likeness (QED) is 0.722. The van der Waals surface area contributed by atoms with Crippen molar-refractivity contribution in [2.45, 2.75) is 39.8 Å². The smallest absolute Gasteiger partial charge is 0.231 e. The van der Waals surface area contributed by atoms with Gasteiger partial charge in [-0.25, -0.2) is 4.68 Å². The molecule has 1 fully saturated rings. The number of rotatable bonds is 7. The summed E-state index contributed by atoms with van der Waals surface area (Å²) < 4.78 is 12.9. The lowest BCUT2D eigenvalue weighted by Crippen LogP contribution is -2.48. The number of likely N-dealkylation sites (N-methyl/N-ethyl adjacent to an activating group) is 1. The van der Waals surface area contributed by atoms with Crippen molar-refractivity contribution >= 4 is 0 Å². The fourth-order valence-corrected chi connectivity index (χ4v) is 4.03. The van der Waals surface area contributed by atoms with Gasteiger partial charge in [0.05, 0.1) is 12.6 Å². The first kappa shape index (κ1) is 19.1. The molecule has 8 nitrogen and oxygen atoms in total. The predicted molar refractivity (Wildman–Crippen MR) is 105 cm³/mol. The summed E-state index contributed by atoms with van der Waals surface area (Å²) >= 11 is 0. The number of nitrogens with zero attached hydrogens (tertiary/aromatic N) is 6. The minimum absolute atomic E-state index is 0.239. The van der Waals surface area contributed by atoms with Gasteiger partial charge >= 0.3 is 0 Å². The molecule has 1 aromatic carbocycles. The number of benzene rings is 1. The van der Waals surface area contributed by atoms with Crippen molar-refractivity contribution in [1.29, 1.82) is 0 Å². The van der Waals surface area contributed by atoms with E-state index in [1.165, 1.54) is 0 Å². The first-order valence-electron chi connectivity index (χ1n) is 10.2. The molecule has 0 radical (unpaired) electrons. The van der Waals surface area contributed by atoms with Crippen molar-refractivity contribution in [3.8, 4) is 11.5 Å². The highest BCUT2D eigenvalue weighted by Gasteiger charge is 2.29. The molecule has 0 N–H and O–H groups in total. The molecular weight excluding hydrogens is 356 g/mol. The third-order valence-corrected chi connectivity index (χ3v) is 5.62. The Morgan fingerprint density at radius 2 is 1.86 bits per heavy atom. The van der Waals surface area contributed by atoms with E-state index in [1.807, 2.05) is 16.8 Å². The highest BCUT2D eigenvalue weighted by molar-refractivity contribution is 5.44. The normalized spacial score (nSPS) is 18.7. The minimum atomic E-state index is 0.239. The largest absolute Gasteiger partial charge is 0.454 e. The van der Waals surface area contributed by atoms with Crippen molar-refractivity contribution in [2.24, 2.45) is 5.92 Å². The molecule has 2 aliphatic heterocycles. The second kappa shape index (κ2) is 8.45. The maximum Gasteiger partial charge on any atom is 0.231 e. The van der Waals surface area contributed by atoms with Crippen LogP contribution >= 0.6 is 0 Å². The SMILES string of the molecule is CCN1CCN([C@H](CC(C)C)c2nnnn2Cc2ccc3c(c2)OCO3)CC1. The lowest BCUT2D eigenvalue weighted by molar-refractivity contribution is 0.0834. The zero-order valence-corrected chi connectivity index (χ0v) is 17.0. The number of tetrazole rings is 1. The second-order valence-corrected chi connectivity index (χ2v) is 8.00. The molecule has 1 atom stereocenters. The minimum Gasteiger partial charge on any atom is -0.454 e. The van der Waals surface area contributed by atoms with Crippen LogP contribution in [-0.4, -0.2) is 69.5 Å². The Hall–Kier alpha value is -2.19. The summed E-state index contributed by atoms with van der Waals surface area (Å²) in [5, 5.41) is 12.8. The Morgan fingerprint density at radius 1 is 1.07 bits per heavy atom. The molecule has 0 amide bonds. The van der Waals surface area contributed by atoms with Crippen molar-refractivity contribution in [1.82, 2.24) is 30.0 Å². The topological polar surface area (TPSA) is 68.5 Å². The third-order valence-electron chi connectivity index (χ3n) is 5.62. The van der Waals surface area contributed by atoms with Crippen LogP contribution < -0.4 is 9.47 Å². The number of ether oxygens (including phenoxy) is 2. The van der Waals surface area contributed by atoms with Gasteiger partial charge in [0, 0.05) is 26.2 Å². The molecule has 2 aliphatic rings. The molecule has 0 unspecified atom stereocenters. The molecule has 0 saturated carbocycles. The fraction of sp³-hybridized carbons (Fsp3) is 0.650. The monoisotopic (exact) mass is 386 g/mol. The maximum atomic E-state index is 5.51. The van der Waals surface area contributed by atoms with Gasteiger partial charge in [-0.1, -0.05) is 26.8 Å². The number of piperazine rings is 1. The van der Waals surface area contributed by atoms with Gasteiger partial charge in [-0.3, -0.25) is 4.90 Å². The summed E-state index contributed by atoms with van der Waals surface area (Å²) in [5.74, 6) is 3.12. The van der Waals surface area contributed by atoms with Gasteiger partial charge in [0.1, 0.15) is 0 Å². The van der Waals surface area contributed by atoms with Gasteiger partial charge in [-0.2, -0.15) is 0 Å². The molecular formula is C20H30N6O2. The molecule has 28 heavy (non-hydrogen) atoms. The zero-order valence-electron chi connectivity index (χ0n) is 17.0. The van der Waals surface area contributed by atoms with E-state index in [9.17, 15) is 0 Å². The molecule has 0 aliphatic carbocycles. The summed E-state index contributed by atoms with van der Waals surface area (Å²) in [6, 6.07) is 6.27. The lowest BCUT2D eigenvalue weighted by Gasteiger charge is -2.39. The van der Waals surface area contributed by atoms with Crippen LogP contribution in [0.15, 0.2) is 18.2 Å². The highest BCUT2D eigenvalue weighted by atomic mass is 16.7. The number of hydrogen-bond acceptors (Lipinski definition) is 7. The first-order valence-corrected chi connectivity index (χ1v) is 10.2. The van der Waals surface area contributed by atoms with Gasteiger partial charge in [-0.15, -0.1) is 5.10 Å². The van der Waals surface area contributed by atoms with Crippen LogP contribution in [0.25, 0.3) is 0 Å². The van der Waals surface area contributed by atoms with Crippen LogP contribution in [0.5, 0.6) is 11.5 Å². The van der Waals surface area contributed by atoms with Crippen molar-refractivity contribution in [2.75, 3.05) is 39.5 Å². The van der Waals surface area contributed by atoms with E-state index in [0.29, 0.717) is 12.5 Å². The molecule has 8 heteroatoms. The lowest BCUT2D eigenvalue weighted by atomic mass is 10.0. The van der Waals surface area contributed by atoms with E-state index in [4.69, 9.17) is 9.47 Å². The van der Waals surface area contributed by atoms with Crippen LogP contribution in [0.1, 0.15) is 44.6 Å². The predicted octanol–water partition coefficient (Wildman–Crippen LogP) is 2.17. The van der Waals surface area contributed by atoms with Gasteiger partial charge in [0.2, 0.25) is 6.79 Å². The van der Waals surface area contributed by atoms with Gasteiger partial charge < -0.3 is 14.4 Å². The first-order chi connectivity index (χ1) is 13.6. The Labute approximate surface area is 166 Å². The molecule has 1 aromatic heterocycles. The zero-order chi connectivity index (χ0) is 19.5. The second-order valence-electron chi connectivity index (χ2n) is 8.00.